The number of nitrogens with zero attached hydrogens (tertiary/aromatic N) is 1. The van der Waals surface area contributed by atoms with Gasteiger partial charge in [-0.15, -0.1) is 0 Å². The maximum atomic E-state index is 14.9. The largest absolute Gasteiger partial charge is 0.496 e. The Bertz CT molecular complexity index is 1370. The van der Waals surface area contributed by atoms with Crippen LogP contribution < -0.4 is 9.47 Å². The molecular formula is C31H32FNO5. The van der Waals surface area contributed by atoms with Crippen LogP contribution in [0.1, 0.15) is 41.2 Å². The van der Waals surface area contributed by atoms with Crippen molar-refractivity contribution < 1.29 is 28.6 Å². The van der Waals surface area contributed by atoms with Gasteiger partial charge in [0.05, 0.1) is 20.1 Å². The molecule has 1 aliphatic heterocycles. The van der Waals surface area contributed by atoms with Gasteiger partial charge in [0.1, 0.15) is 17.3 Å². The third kappa shape index (κ3) is 4.97. The van der Waals surface area contributed by atoms with E-state index >= 15 is 0 Å². The van der Waals surface area contributed by atoms with E-state index in [-0.39, 0.29) is 24.1 Å². The Morgan fingerprint density at radius 2 is 1.84 bits per heavy atom. The van der Waals surface area contributed by atoms with E-state index in [9.17, 15) is 19.1 Å². The molecule has 0 aromatic heterocycles. The summed E-state index contributed by atoms with van der Waals surface area (Å²) < 4.78 is 26.4. The minimum Gasteiger partial charge on any atom is -0.496 e. The Balaban J connectivity index is 1.45. The Kier molecular flexibility index (Phi) is 7.36. The summed E-state index contributed by atoms with van der Waals surface area (Å²) in [4.78, 5) is 26.8. The molecule has 0 saturated carbocycles. The zero-order valence-electron chi connectivity index (χ0n) is 21.8. The number of rotatable bonds is 7. The van der Waals surface area contributed by atoms with Crippen LogP contribution in [0.3, 0.4) is 0 Å². The second kappa shape index (κ2) is 10.9. The predicted octanol–water partition coefficient (Wildman–Crippen LogP) is 5.22. The molecule has 3 aromatic rings. The molecule has 0 bridgehead atoms. The molecule has 2 aliphatic rings. The highest BCUT2D eigenvalue weighted by atomic mass is 19.1. The van der Waals surface area contributed by atoms with E-state index in [1.54, 1.807) is 25.3 Å². The highest BCUT2D eigenvalue weighted by Crippen LogP contribution is 2.39. The first-order valence-corrected chi connectivity index (χ1v) is 13.1. The molecule has 0 saturated heterocycles. The van der Waals surface area contributed by atoms with Crippen molar-refractivity contribution in [2.75, 3.05) is 20.3 Å². The van der Waals surface area contributed by atoms with Crippen LogP contribution in [-0.2, 0) is 41.8 Å². The van der Waals surface area contributed by atoms with Crippen LogP contribution in [0.2, 0.25) is 0 Å². The number of carboxylic acids is 1. The van der Waals surface area contributed by atoms with Gasteiger partial charge in [-0.1, -0.05) is 30.3 Å². The summed E-state index contributed by atoms with van der Waals surface area (Å²) in [6.45, 7) is 3.06. The van der Waals surface area contributed by atoms with E-state index in [0.29, 0.717) is 49.4 Å². The first-order valence-electron chi connectivity index (χ1n) is 13.1. The van der Waals surface area contributed by atoms with Crippen LogP contribution in [0.15, 0.2) is 48.5 Å². The molecule has 1 N–H and O–H groups in total. The van der Waals surface area contributed by atoms with Crippen molar-refractivity contribution in [3.63, 3.8) is 0 Å². The van der Waals surface area contributed by atoms with E-state index in [1.807, 2.05) is 30.0 Å². The molecule has 0 fully saturated rings. The molecule has 1 amide bonds. The van der Waals surface area contributed by atoms with Crippen LogP contribution in [-0.4, -0.2) is 42.1 Å². The van der Waals surface area contributed by atoms with Crippen LogP contribution in [0.4, 0.5) is 4.39 Å². The van der Waals surface area contributed by atoms with Crippen molar-refractivity contribution in [3.8, 4) is 22.6 Å². The smallest absolute Gasteiger partial charge is 0.307 e. The highest BCUT2D eigenvalue weighted by Gasteiger charge is 2.33. The summed E-state index contributed by atoms with van der Waals surface area (Å²) in [5.74, 6) is 0.127. The van der Waals surface area contributed by atoms with Crippen LogP contribution >= 0.6 is 0 Å². The van der Waals surface area contributed by atoms with Gasteiger partial charge in [0.2, 0.25) is 5.91 Å². The molecule has 6 nitrogen and oxygen atoms in total. The number of methoxy groups -OCH3 is 1. The van der Waals surface area contributed by atoms with Gasteiger partial charge in [-0.25, -0.2) is 4.39 Å². The van der Waals surface area contributed by atoms with Gasteiger partial charge in [0.25, 0.3) is 0 Å². The predicted molar refractivity (Wildman–Crippen MR) is 142 cm³/mol. The number of hydrogen-bond acceptors (Lipinski definition) is 4. The van der Waals surface area contributed by atoms with Crippen molar-refractivity contribution in [2.24, 2.45) is 5.92 Å². The molecule has 7 heteroatoms. The number of aryl methyl sites for hydroxylation is 1. The molecule has 1 atom stereocenters. The van der Waals surface area contributed by atoms with Crippen molar-refractivity contribution >= 4 is 11.9 Å². The van der Waals surface area contributed by atoms with Crippen molar-refractivity contribution in [2.45, 2.75) is 45.6 Å². The number of halogens is 1. The van der Waals surface area contributed by atoms with E-state index < -0.39 is 5.97 Å². The first kappa shape index (κ1) is 25.8. The first-order chi connectivity index (χ1) is 18.4. The lowest BCUT2D eigenvalue weighted by molar-refractivity contribution is -0.137. The maximum Gasteiger partial charge on any atom is 0.307 e. The normalized spacial score (nSPS) is 16.4. The quantitative estimate of drug-likeness (QED) is 0.465. The molecule has 3 aromatic carbocycles. The molecule has 0 radical (unpaired) electrons. The monoisotopic (exact) mass is 517 g/mol. The average Bonchev–Trinajstić information content (AvgIpc) is 2.92. The van der Waals surface area contributed by atoms with Crippen LogP contribution in [0.5, 0.6) is 11.5 Å². The van der Waals surface area contributed by atoms with E-state index in [1.165, 1.54) is 11.6 Å². The third-order valence-electron chi connectivity index (χ3n) is 7.67. The number of carboxylic acid groups (broad SMARTS) is 1. The standard InChI is InChI=1S/C31H32FNO5/c1-3-38-29-15-19(16-30(34)35)7-10-24(29)22-11-12-27(32)23-13-14-33(18-26(22)23)31(36)21-9-8-20-5-4-6-28(37-2)25(20)17-21/h4-7,10-12,15,21H,3,8-9,13-14,16-18H2,1-2H3,(H,34,35). The van der Waals surface area contributed by atoms with Crippen molar-refractivity contribution in [1.29, 1.82) is 0 Å². The van der Waals surface area contributed by atoms with Gasteiger partial charge in [-0.05, 0) is 84.2 Å². The second-order valence-corrected chi connectivity index (χ2v) is 9.93. The Hall–Kier alpha value is -3.87. The summed E-state index contributed by atoms with van der Waals surface area (Å²) in [7, 11) is 1.66. The fourth-order valence-corrected chi connectivity index (χ4v) is 5.84. The van der Waals surface area contributed by atoms with Gasteiger partial charge in [0, 0.05) is 24.6 Å². The molecule has 1 unspecified atom stereocenters. The van der Waals surface area contributed by atoms with Gasteiger partial charge >= 0.3 is 5.97 Å². The topological polar surface area (TPSA) is 76.1 Å². The summed E-state index contributed by atoms with van der Waals surface area (Å²) in [5, 5.41) is 9.21. The lowest BCUT2D eigenvalue weighted by Gasteiger charge is -2.35. The van der Waals surface area contributed by atoms with Crippen LogP contribution in [0, 0.1) is 11.7 Å². The number of aliphatic carboxylic acids is 1. The van der Waals surface area contributed by atoms with Crippen molar-refractivity contribution in [3.05, 3.63) is 82.2 Å². The summed E-state index contributed by atoms with van der Waals surface area (Å²) in [5.41, 5.74) is 5.95. The maximum absolute atomic E-state index is 14.9. The lowest BCUT2D eigenvalue weighted by atomic mass is 9.82. The fourth-order valence-electron chi connectivity index (χ4n) is 5.84. The van der Waals surface area contributed by atoms with Gasteiger partial charge in [0.15, 0.2) is 0 Å². The molecule has 1 heterocycles. The molecule has 198 valence electrons. The number of ether oxygens (including phenoxy) is 2. The van der Waals surface area contributed by atoms with Crippen molar-refractivity contribution in [1.82, 2.24) is 4.90 Å². The SMILES string of the molecule is CCOc1cc(CC(=O)O)ccc1-c1ccc(F)c2c1CN(C(=O)C1CCc3cccc(OC)c3C1)CC2. The highest BCUT2D eigenvalue weighted by molar-refractivity contribution is 5.82. The number of hydrogen-bond donors (Lipinski definition) is 1. The van der Waals surface area contributed by atoms with E-state index in [4.69, 9.17) is 9.47 Å². The third-order valence-corrected chi connectivity index (χ3v) is 7.67. The molecule has 38 heavy (non-hydrogen) atoms. The number of fused-ring (bicyclic) bond motifs is 2. The number of carbonyl (C=O) groups is 2. The minimum atomic E-state index is -0.920. The summed E-state index contributed by atoms with van der Waals surface area (Å²) in [6.07, 6.45) is 2.57. The van der Waals surface area contributed by atoms with Gasteiger partial charge in [-0.3, -0.25) is 9.59 Å². The number of benzene rings is 3. The average molecular weight is 518 g/mol. The second-order valence-electron chi connectivity index (χ2n) is 9.93. The molecule has 5 rings (SSSR count). The molecule has 0 spiro atoms. The van der Waals surface area contributed by atoms with E-state index in [0.717, 1.165) is 40.8 Å². The van der Waals surface area contributed by atoms with Crippen LogP contribution in [0.25, 0.3) is 11.1 Å². The number of carbonyl (C=O) groups excluding carboxylic acids is 1. The molecule has 1 aliphatic carbocycles. The zero-order chi connectivity index (χ0) is 26.8. The number of amides is 1. The summed E-state index contributed by atoms with van der Waals surface area (Å²) in [6, 6.07) is 14.6. The van der Waals surface area contributed by atoms with E-state index in [2.05, 4.69) is 6.07 Å². The lowest BCUT2D eigenvalue weighted by Crippen LogP contribution is -2.41. The Labute approximate surface area is 222 Å². The van der Waals surface area contributed by atoms with Gasteiger partial charge < -0.3 is 19.5 Å². The minimum absolute atomic E-state index is 0.0873. The molecular weight excluding hydrogens is 485 g/mol. The Morgan fingerprint density at radius 1 is 1.03 bits per heavy atom. The zero-order valence-corrected chi connectivity index (χ0v) is 21.8. The van der Waals surface area contributed by atoms with Gasteiger partial charge in [-0.2, -0.15) is 0 Å². The fraction of sp³-hybridized carbons (Fsp3) is 0.355. The summed E-state index contributed by atoms with van der Waals surface area (Å²) >= 11 is 0. The Morgan fingerprint density at radius 3 is 2.61 bits per heavy atom.